The van der Waals surface area contributed by atoms with Gasteiger partial charge >= 0.3 is 0 Å². The van der Waals surface area contributed by atoms with Crippen LogP contribution in [0.2, 0.25) is 0 Å². The van der Waals surface area contributed by atoms with Gasteiger partial charge in [0, 0.05) is 16.7 Å². The van der Waals surface area contributed by atoms with Crippen LogP contribution in [0, 0.1) is 12.3 Å². The predicted octanol–water partition coefficient (Wildman–Crippen LogP) is 4.02. The SMILES string of the molecule is C#CC1=C(C(=O)c2cccc(C=C)c2)CCCC1. The van der Waals surface area contributed by atoms with Gasteiger partial charge in [-0.25, -0.2) is 0 Å². The van der Waals surface area contributed by atoms with Crippen LogP contribution in [0.1, 0.15) is 41.6 Å². The first-order valence-corrected chi connectivity index (χ1v) is 6.22. The van der Waals surface area contributed by atoms with Gasteiger partial charge in [0.2, 0.25) is 0 Å². The molecule has 2 rings (SSSR count). The topological polar surface area (TPSA) is 17.1 Å². The van der Waals surface area contributed by atoms with E-state index in [9.17, 15) is 4.79 Å². The van der Waals surface area contributed by atoms with Gasteiger partial charge in [-0.2, -0.15) is 0 Å². The summed E-state index contributed by atoms with van der Waals surface area (Å²) in [5.41, 5.74) is 3.37. The maximum Gasteiger partial charge on any atom is 0.189 e. The second-order valence-electron chi connectivity index (χ2n) is 4.47. The van der Waals surface area contributed by atoms with E-state index in [0.29, 0.717) is 5.56 Å². The summed E-state index contributed by atoms with van der Waals surface area (Å²) in [4.78, 5) is 12.4. The molecular weight excluding hydrogens is 220 g/mol. The number of hydrogen-bond donors (Lipinski definition) is 0. The molecule has 0 spiro atoms. The standard InChI is InChI=1S/C17H16O/c1-3-13-8-7-10-15(12-13)17(18)16-11-6-5-9-14(16)4-2/h2-3,7-8,10,12H,1,5-6,9,11H2. The van der Waals surface area contributed by atoms with E-state index in [-0.39, 0.29) is 5.78 Å². The lowest BCUT2D eigenvalue weighted by Gasteiger charge is -2.16. The first-order chi connectivity index (χ1) is 8.76. The molecule has 0 atom stereocenters. The van der Waals surface area contributed by atoms with Crippen LogP contribution in [-0.4, -0.2) is 5.78 Å². The van der Waals surface area contributed by atoms with Gasteiger partial charge in [0.1, 0.15) is 0 Å². The van der Waals surface area contributed by atoms with Crippen LogP contribution in [0.5, 0.6) is 0 Å². The molecule has 0 aromatic heterocycles. The summed E-state index contributed by atoms with van der Waals surface area (Å²) in [7, 11) is 0. The number of ketones is 1. The smallest absolute Gasteiger partial charge is 0.189 e. The minimum absolute atomic E-state index is 0.0753. The fraction of sp³-hybridized carbons (Fsp3) is 0.235. The van der Waals surface area contributed by atoms with Crippen molar-refractivity contribution in [2.24, 2.45) is 0 Å². The molecule has 0 unspecified atom stereocenters. The van der Waals surface area contributed by atoms with E-state index in [1.54, 1.807) is 6.08 Å². The Morgan fingerprint density at radius 1 is 1.33 bits per heavy atom. The molecule has 18 heavy (non-hydrogen) atoms. The molecule has 1 aliphatic carbocycles. The molecule has 1 aromatic carbocycles. The van der Waals surface area contributed by atoms with Crippen molar-refractivity contribution in [3.8, 4) is 12.3 Å². The highest BCUT2D eigenvalue weighted by Crippen LogP contribution is 2.27. The van der Waals surface area contributed by atoms with Crippen LogP contribution >= 0.6 is 0 Å². The van der Waals surface area contributed by atoms with E-state index in [4.69, 9.17) is 6.42 Å². The Morgan fingerprint density at radius 3 is 2.83 bits per heavy atom. The lowest BCUT2D eigenvalue weighted by atomic mass is 9.87. The molecule has 0 N–H and O–H groups in total. The van der Waals surface area contributed by atoms with Gasteiger partial charge in [-0.3, -0.25) is 4.79 Å². The summed E-state index contributed by atoms with van der Waals surface area (Å²) < 4.78 is 0. The maximum atomic E-state index is 12.4. The van der Waals surface area contributed by atoms with Gasteiger partial charge in [-0.05, 0) is 37.3 Å². The van der Waals surface area contributed by atoms with Crippen molar-refractivity contribution in [2.75, 3.05) is 0 Å². The monoisotopic (exact) mass is 236 g/mol. The first-order valence-electron chi connectivity index (χ1n) is 6.22. The minimum Gasteiger partial charge on any atom is -0.289 e. The molecule has 0 amide bonds. The van der Waals surface area contributed by atoms with E-state index in [1.165, 1.54) is 0 Å². The number of allylic oxidation sites excluding steroid dienone is 2. The third kappa shape index (κ3) is 2.43. The summed E-state index contributed by atoms with van der Waals surface area (Å²) in [6, 6.07) is 7.51. The molecule has 0 bridgehead atoms. The number of terminal acetylenes is 1. The molecule has 1 aliphatic rings. The van der Waals surface area contributed by atoms with Gasteiger partial charge in [-0.15, -0.1) is 6.42 Å². The van der Waals surface area contributed by atoms with Crippen molar-refractivity contribution in [3.63, 3.8) is 0 Å². The molecule has 1 heteroatoms. The zero-order valence-electron chi connectivity index (χ0n) is 10.4. The zero-order valence-corrected chi connectivity index (χ0v) is 10.4. The number of rotatable bonds is 3. The quantitative estimate of drug-likeness (QED) is 0.572. The van der Waals surface area contributed by atoms with Crippen molar-refractivity contribution in [1.82, 2.24) is 0 Å². The number of carbonyl (C=O) groups excluding carboxylic acids is 1. The van der Waals surface area contributed by atoms with Crippen LogP contribution in [-0.2, 0) is 0 Å². The van der Waals surface area contributed by atoms with E-state index in [0.717, 1.165) is 42.4 Å². The zero-order chi connectivity index (χ0) is 13.0. The minimum atomic E-state index is 0.0753. The highest BCUT2D eigenvalue weighted by molar-refractivity contribution is 6.09. The molecule has 90 valence electrons. The fourth-order valence-corrected chi connectivity index (χ4v) is 2.30. The van der Waals surface area contributed by atoms with Gasteiger partial charge < -0.3 is 0 Å². The maximum absolute atomic E-state index is 12.4. The Labute approximate surface area is 108 Å². The molecule has 0 saturated carbocycles. The Kier molecular flexibility index (Phi) is 3.79. The van der Waals surface area contributed by atoms with Crippen molar-refractivity contribution in [3.05, 3.63) is 53.1 Å². The molecule has 0 aliphatic heterocycles. The van der Waals surface area contributed by atoms with E-state index in [2.05, 4.69) is 12.5 Å². The number of hydrogen-bond acceptors (Lipinski definition) is 1. The van der Waals surface area contributed by atoms with E-state index >= 15 is 0 Å². The van der Waals surface area contributed by atoms with Gasteiger partial charge in [0.05, 0.1) is 0 Å². The van der Waals surface area contributed by atoms with E-state index < -0.39 is 0 Å². The molecule has 0 fully saturated rings. The van der Waals surface area contributed by atoms with Crippen LogP contribution in [0.15, 0.2) is 42.0 Å². The highest BCUT2D eigenvalue weighted by atomic mass is 16.1. The van der Waals surface area contributed by atoms with Crippen molar-refractivity contribution >= 4 is 11.9 Å². The second-order valence-corrected chi connectivity index (χ2v) is 4.47. The molecular formula is C17H16O. The van der Waals surface area contributed by atoms with Crippen LogP contribution < -0.4 is 0 Å². The highest BCUT2D eigenvalue weighted by Gasteiger charge is 2.19. The Bertz CT molecular complexity index is 555. The summed E-state index contributed by atoms with van der Waals surface area (Å²) in [6.45, 7) is 3.72. The van der Waals surface area contributed by atoms with Gasteiger partial charge in [0.15, 0.2) is 5.78 Å². The first kappa shape index (κ1) is 12.4. The fourth-order valence-electron chi connectivity index (χ4n) is 2.30. The van der Waals surface area contributed by atoms with Crippen LogP contribution in [0.3, 0.4) is 0 Å². The van der Waals surface area contributed by atoms with Gasteiger partial charge in [-0.1, -0.05) is 36.8 Å². The third-order valence-electron chi connectivity index (χ3n) is 3.30. The Balaban J connectivity index is 2.39. The molecule has 1 aromatic rings. The van der Waals surface area contributed by atoms with Crippen LogP contribution in [0.4, 0.5) is 0 Å². The molecule has 0 radical (unpaired) electrons. The van der Waals surface area contributed by atoms with Crippen LogP contribution in [0.25, 0.3) is 6.08 Å². The molecule has 0 heterocycles. The van der Waals surface area contributed by atoms with Crippen molar-refractivity contribution < 1.29 is 4.79 Å². The summed E-state index contributed by atoms with van der Waals surface area (Å²) in [5, 5.41) is 0. The lowest BCUT2D eigenvalue weighted by Crippen LogP contribution is -2.10. The average molecular weight is 236 g/mol. The predicted molar refractivity (Wildman–Crippen MR) is 75.2 cm³/mol. The average Bonchev–Trinajstić information content (AvgIpc) is 2.46. The molecule has 0 saturated heterocycles. The summed E-state index contributed by atoms with van der Waals surface area (Å²) >= 11 is 0. The van der Waals surface area contributed by atoms with Crippen molar-refractivity contribution in [1.29, 1.82) is 0 Å². The Morgan fingerprint density at radius 2 is 2.11 bits per heavy atom. The summed E-state index contributed by atoms with van der Waals surface area (Å²) in [5.74, 6) is 2.75. The number of benzene rings is 1. The van der Waals surface area contributed by atoms with Gasteiger partial charge in [0.25, 0.3) is 0 Å². The lowest BCUT2D eigenvalue weighted by molar-refractivity contribution is 0.102. The summed E-state index contributed by atoms with van der Waals surface area (Å²) in [6.07, 6.45) is 11.0. The normalized spacial score (nSPS) is 15.1. The van der Waals surface area contributed by atoms with E-state index in [1.807, 2.05) is 24.3 Å². The number of carbonyl (C=O) groups is 1. The second kappa shape index (κ2) is 5.51. The molecule has 1 nitrogen and oxygen atoms in total. The Hall–Kier alpha value is -2.07. The number of Topliss-reactive ketones (excluding diaryl/α,β-unsaturated/α-hetero) is 1. The largest absolute Gasteiger partial charge is 0.289 e. The van der Waals surface area contributed by atoms with Crippen molar-refractivity contribution in [2.45, 2.75) is 25.7 Å². The third-order valence-corrected chi connectivity index (χ3v) is 3.30.